The van der Waals surface area contributed by atoms with Crippen LogP contribution in [-0.2, 0) is 30.3 Å². The van der Waals surface area contributed by atoms with Gasteiger partial charge in [-0.2, -0.15) is 16.8 Å². The second-order valence-electron chi connectivity index (χ2n) is 7.11. The van der Waals surface area contributed by atoms with Crippen LogP contribution < -0.4 is 14.9 Å². The number of nitrogens with one attached hydrogen (secondary N) is 2. The van der Waals surface area contributed by atoms with Gasteiger partial charge in [0.05, 0.1) is 11.4 Å². The molecule has 0 spiro atoms. The van der Waals surface area contributed by atoms with E-state index >= 15 is 0 Å². The Labute approximate surface area is 204 Å². The van der Waals surface area contributed by atoms with Crippen LogP contribution in [0.4, 0.5) is 16.2 Å². The van der Waals surface area contributed by atoms with Crippen LogP contribution in [0, 0.1) is 0 Å². The van der Waals surface area contributed by atoms with E-state index in [2.05, 4.69) is 10.6 Å². The Morgan fingerprint density at radius 1 is 0.886 bits per heavy atom. The number of sulfonamides is 1. The van der Waals surface area contributed by atoms with Crippen molar-refractivity contribution in [2.24, 2.45) is 0 Å². The highest BCUT2D eigenvalue weighted by Gasteiger charge is 2.21. The third-order valence-electron chi connectivity index (χ3n) is 4.75. The van der Waals surface area contributed by atoms with Gasteiger partial charge in [0, 0.05) is 19.3 Å². The van der Waals surface area contributed by atoms with Crippen molar-refractivity contribution in [1.82, 2.24) is 5.32 Å². The lowest BCUT2D eigenvalue weighted by molar-refractivity contribution is 0.252. The average Bonchev–Trinajstić information content (AvgIpc) is 2.76. The van der Waals surface area contributed by atoms with Crippen molar-refractivity contribution in [2.45, 2.75) is 23.6 Å². The fraction of sp³-hybridized carbons (Fsp3) is 0.250. The van der Waals surface area contributed by atoms with Gasteiger partial charge in [-0.3, -0.25) is 13.4 Å². The minimum atomic E-state index is -4.81. The standard InChI is InChI=1S/C20H25N3O9S3/c1-4-21-20(24)22-16-10-8-14(18(12-16)34(27,28)29)6-7-15-9-11-17(13-19(15)35(30,31)32)23(3)33(25,26)5-2/h6-13H,4-5H2,1-3H3,(H2,21,22,24)(H,27,28,29)(H,30,31,32)/b7-6+. The Bertz CT molecular complexity index is 1470. The Kier molecular flexibility index (Phi) is 8.67. The highest BCUT2D eigenvalue weighted by molar-refractivity contribution is 7.92. The summed E-state index contributed by atoms with van der Waals surface area (Å²) in [6.45, 7) is 3.43. The molecule has 0 saturated heterocycles. The quantitative estimate of drug-likeness (QED) is 0.270. The van der Waals surface area contributed by atoms with Crippen molar-refractivity contribution in [3.63, 3.8) is 0 Å². The Morgan fingerprint density at radius 2 is 1.40 bits per heavy atom. The number of urea groups is 1. The van der Waals surface area contributed by atoms with E-state index in [1.807, 2.05) is 0 Å². The van der Waals surface area contributed by atoms with Crippen LogP contribution in [0.5, 0.6) is 0 Å². The molecule has 2 amide bonds. The van der Waals surface area contributed by atoms with E-state index in [1.54, 1.807) is 6.92 Å². The molecule has 2 rings (SSSR count). The number of benzene rings is 2. The van der Waals surface area contributed by atoms with Gasteiger partial charge in [-0.25, -0.2) is 13.2 Å². The van der Waals surface area contributed by atoms with E-state index < -0.39 is 46.1 Å². The van der Waals surface area contributed by atoms with E-state index in [0.29, 0.717) is 6.54 Å². The molecular formula is C20H25N3O9S3. The molecule has 0 aliphatic rings. The zero-order valence-electron chi connectivity index (χ0n) is 19.0. The highest BCUT2D eigenvalue weighted by atomic mass is 32.2. The predicted octanol–water partition coefficient (Wildman–Crippen LogP) is 2.28. The van der Waals surface area contributed by atoms with Gasteiger partial charge < -0.3 is 10.6 Å². The number of carbonyl (C=O) groups is 1. The first-order chi connectivity index (χ1) is 16.1. The summed E-state index contributed by atoms with van der Waals surface area (Å²) in [7, 11) is -12.0. The van der Waals surface area contributed by atoms with Crippen molar-refractivity contribution in [2.75, 3.05) is 29.0 Å². The van der Waals surface area contributed by atoms with Gasteiger partial charge in [-0.1, -0.05) is 24.3 Å². The number of rotatable bonds is 9. The average molecular weight is 548 g/mol. The Balaban J connectivity index is 2.56. The highest BCUT2D eigenvalue weighted by Crippen LogP contribution is 2.28. The molecular weight excluding hydrogens is 522 g/mol. The van der Waals surface area contributed by atoms with Crippen molar-refractivity contribution >= 4 is 59.8 Å². The molecule has 0 aliphatic carbocycles. The van der Waals surface area contributed by atoms with Crippen LogP contribution >= 0.6 is 0 Å². The lowest BCUT2D eigenvalue weighted by atomic mass is 10.1. The number of amides is 2. The molecule has 4 N–H and O–H groups in total. The molecule has 0 aromatic heterocycles. The molecule has 0 heterocycles. The van der Waals surface area contributed by atoms with Gasteiger partial charge in [-0.15, -0.1) is 0 Å². The largest absolute Gasteiger partial charge is 0.338 e. The topological polar surface area (TPSA) is 187 Å². The van der Waals surface area contributed by atoms with E-state index in [-0.39, 0.29) is 28.3 Å². The van der Waals surface area contributed by atoms with Gasteiger partial charge in [-0.05, 0) is 49.2 Å². The van der Waals surface area contributed by atoms with E-state index in [4.69, 9.17) is 0 Å². The molecule has 0 fully saturated rings. The predicted molar refractivity (Wildman–Crippen MR) is 132 cm³/mol. The number of hydrogen-bond donors (Lipinski definition) is 4. The summed E-state index contributed by atoms with van der Waals surface area (Å²) < 4.78 is 92.1. The van der Waals surface area contributed by atoms with Gasteiger partial charge in [0.15, 0.2) is 0 Å². The van der Waals surface area contributed by atoms with Gasteiger partial charge in [0.25, 0.3) is 20.2 Å². The summed E-state index contributed by atoms with van der Waals surface area (Å²) in [6.07, 6.45) is 2.34. The number of anilines is 2. The second-order valence-corrected chi connectivity index (χ2v) is 12.2. The molecule has 15 heteroatoms. The minimum Gasteiger partial charge on any atom is -0.338 e. The maximum atomic E-state index is 12.1. The molecule has 35 heavy (non-hydrogen) atoms. The van der Waals surface area contributed by atoms with Crippen LogP contribution in [0.2, 0.25) is 0 Å². The lowest BCUT2D eigenvalue weighted by Crippen LogP contribution is -2.28. The molecule has 0 radical (unpaired) electrons. The van der Waals surface area contributed by atoms with E-state index in [0.717, 1.165) is 16.4 Å². The summed E-state index contributed by atoms with van der Waals surface area (Å²) in [5.74, 6) is -0.240. The Hall–Kier alpha value is -2.98. The molecule has 0 unspecified atom stereocenters. The molecule has 0 atom stereocenters. The third-order valence-corrected chi connectivity index (χ3v) is 8.34. The fourth-order valence-corrected chi connectivity index (χ4v) is 5.16. The van der Waals surface area contributed by atoms with Crippen LogP contribution in [0.25, 0.3) is 12.2 Å². The number of nitrogens with zero attached hydrogens (tertiary/aromatic N) is 1. The van der Waals surface area contributed by atoms with Crippen molar-refractivity contribution in [3.8, 4) is 0 Å². The lowest BCUT2D eigenvalue weighted by Gasteiger charge is -2.19. The van der Waals surface area contributed by atoms with Crippen LogP contribution in [0.15, 0.2) is 46.2 Å². The number of carbonyl (C=O) groups excluding carboxylic acids is 1. The smallest absolute Gasteiger partial charge is 0.319 e. The summed E-state index contributed by atoms with van der Waals surface area (Å²) in [5.41, 5.74) is -0.0748. The van der Waals surface area contributed by atoms with Crippen molar-refractivity contribution in [3.05, 3.63) is 47.5 Å². The normalized spacial score (nSPS) is 12.5. The first kappa shape index (κ1) is 28.3. The maximum Gasteiger partial charge on any atom is 0.319 e. The first-order valence-electron chi connectivity index (χ1n) is 10.0. The SMILES string of the molecule is CCNC(=O)Nc1ccc(/C=C/c2ccc(N(C)S(=O)(=O)CC)cc2S(=O)(=O)O)c(S(=O)(=O)O)c1. The van der Waals surface area contributed by atoms with E-state index in [1.165, 1.54) is 50.4 Å². The third kappa shape index (κ3) is 7.25. The number of hydrogen-bond acceptors (Lipinski definition) is 7. The molecule has 0 bridgehead atoms. The molecule has 192 valence electrons. The molecule has 2 aromatic rings. The zero-order valence-corrected chi connectivity index (χ0v) is 21.4. The summed E-state index contributed by atoms with van der Waals surface area (Å²) in [6, 6.07) is 6.56. The first-order valence-corrected chi connectivity index (χ1v) is 14.5. The van der Waals surface area contributed by atoms with Gasteiger partial charge >= 0.3 is 6.03 Å². The maximum absolute atomic E-state index is 12.1. The molecule has 2 aromatic carbocycles. The second kappa shape index (κ2) is 10.7. The molecule has 0 saturated carbocycles. The molecule has 0 aliphatic heterocycles. The van der Waals surface area contributed by atoms with Crippen molar-refractivity contribution < 1.29 is 39.2 Å². The summed E-state index contributed by atoms with van der Waals surface area (Å²) >= 11 is 0. The van der Waals surface area contributed by atoms with Gasteiger partial charge in [0.2, 0.25) is 10.0 Å². The summed E-state index contributed by atoms with van der Waals surface area (Å²) in [5, 5.41) is 4.86. The van der Waals surface area contributed by atoms with Crippen LogP contribution in [0.1, 0.15) is 25.0 Å². The van der Waals surface area contributed by atoms with Crippen LogP contribution in [0.3, 0.4) is 0 Å². The Morgan fingerprint density at radius 3 is 1.89 bits per heavy atom. The zero-order chi connectivity index (χ0) is 26.6. The van der Waals surface area contributed by atoms with E-state index in [9.17, 15) is 39.2 Å². The molecule has 12 nitrogen and oxygen atoms in total. The summed E-state index contributed by atoms with van der Waals surface area (Å²) in [4.78, 5) is 10.5. The monoisotopic (exact) mass is 547 g/mol. The van der Waals surface area contributed by atoms with Crippen LogP contribution in [-0.4, -0.2) is 59.7 Å². The fourth-order valence-electron chi connectivity index (χ4n) is 2.92. The van der Waals surface area contributed by atoms with Crippen molar-refractivity contribution in [1.29, 1.82) is 0 Å². The minimum absolute atomic E-state index is 0.0176. The van der Waals surface area contributed by atoms with Gasteiger partial charge in [0.1, 0.15) is 9.79 Å².